The van der Waals surface area contributed by atoms with Gasteiger partial charge in [0.2, 0.25) is 0 Å². The van der Waals surface area contributed by atoms with Gasteiger partial charge in [-0.2, -0.15) is 0 Å². The minimum Gasteiger partial charge on any atom is -0.398 e. The number of nitrogens with two attached hydrogens (primary N) is 1. The van der Waals surface area contributed by atoms with Crippen LogP contribution in [0, 0.1) is 0 Å². The van der Waals surface area contributed by atoms with Crippen molar-refractivity contribution in [3.05, 3.63) is 57.6 Å². The summed E-state index contributed by atoms with van der Waals surface area (Å²) in [5, 5.41) is 2.88. The SMILES string of the molecule is CC(C)c1ccc(/C=C2/C(=O)Nc3ccc(Br)cc32)cc1N. The van der Waals surface area contributed by atoms with Crippen molar-refractivity contribution in [2.24, 2.45) is 0 Å². The molecule has 2 aromatic carbocycles. The van der Waals surface area contributed by atoms with Gasteiger partial charge in [0, 0.05) is 27.0 Å². The Bertz CT molecular complexity index is 794. The van der Waals surface area contributed by atoms with Crippen LogP contribution < -0.4 is 11.1 Å². The van der Waals surface area contributed by atoms with Gasteiger partial charge in [-0.1, -0.05) is 41.9 Å². The second kappa shape index (κ2) is 5.61. The molecule has 3 rings (SSSR count). The molecular formula is C18H17BrN2O. The van der Waals surface area contributed by atoms with Gasteiger partial charge in [0.25, 0.3) is 5.91 Å². The predicted molar refractivity (Wildman–Crippen MR) is 95.6 cm³/mol. The quantitative estimate of drug-likeness (QED) is 0.607. The van der Waals surface area contributed by atoms with Crippen LogP contribution in [0.25, 0.3) is 11.6 Å². The number of carbonyl (C=O) groups is 1. The third kappa shape index (κ3) is 2.66. The fraction of sp³-hybridized carbons (Fsp3) is 0.167. The van der Waals surface area contributed by atoms with E-state index in [1.807, 2.05) is 42.5 Å². The molecule has 0 spiro atoms. The van der Waals surface area contributed by atoms with Crippen LogP contribution >= 0.6 is 15.9 Å². The molecule has 0 unspecified atom stereocenters. The number of fused-ring (bicyclic) bond motifs is 1. The van der Waals surface area contributed by atoms with E-state index in [0.717, 1.165) is 32.5 Å². The van der Waals surface area contributed by atoms with E-state index in [4.69, 9.17) is 5.73 Å². The molecule has 1 aliphatic rings. The summed E-state index contributed by atoms with van der Waals surface area (Å²) in [5.74, 6) is 0.299. The molecule has 0 radical (unpaired) electrons. The summed E-state index contributed by atoms with van der Waals surface area (Å²) < 4.78 is 0.948. The van der Waals surface area contributed by atoms with E-state index in [1.165, 1.54) is 0 Å². The van der Waals surface area contributed by atoms with Crippen molar-refractivity contribution in [1.29, 1.82) is 0 Å². The third-order valence-electron chi connectivity index (χ3n) is 3.81. The molecule has 2 aromatic rings. The van der Waals surface area contributed by atoms with Crippen molar-refractivity contribution in [2.45, 2.75) is 19.8 Å². The van der Waals surface area contributed by atoms with Crippen molar-refractivity contribution >= 4 is 44.9 Å². The zero-order valence-electron chi connectivity index (χ0n) is 12.5. The number of hydrogen-bond donors (Lipinski definition) is 2. The standard InChI is InChI=1S/C18H17BrN2O/c1-10(2)13-5-3-11(8-16(13)20)7-15-14-9-12(19)4-6-17(14)21-18(15)22/h3-10H,20H2,1-2H3,(H,21,22)/b15-7+. The lowest BCUT2D eigenvalue weighted by atomic mass is 9.98. The van der Waals surface area contributed by atoms with Gasteiger partial charge in [0.05, 0.1) is 0 Å². The molecule has 0 saturated carbocycles. The summed E-state index contributed by atoms with van der Waals surface area (Å²) in [6, 6.07) is 11.7. The van der Waals surface area contributed by atoms with Crippen LogP contribution in [0.4, 0.5) is 11.4 Å². The summed E-state index contributed by atoms with van der Waals surface area (Å²) in [7, 11) is 0. The van der Waals surface area contributed by atoms with Crippen molar-refractivity contribution < 1.29 is 4.79 Å². The highest BCUT2D eigenvalue weighted by Crippen LogP contribution is 2.35. The number of carbonyl (C=O) groups excluding carboxylic acids is 1. The van der Waals surface area contributed by atoms with Gasteiger partial charge in [-0.3, -0.25) is 4.79 Å². The Morgan fingerprint density at radius 2 is 1.95 bits per heavy atom. The van der Waals surface area contributed by atoms with Crippen molar-refractivity contribution in [3.63, 3.8) is 0 Å². The summed E-state index contributed by atoms with van der Waals surface area (Å²) in [5.41, 5.74) is 11.3. The highest BCUT2D eigenvalue weighted by Gasteiger charge is 2.24. The fourth-order valence-electron chi connectivity index (χ4n) is 2.68. The van der Waals surface area contributed by atoms with Crippen LogP contribution in [-0.2, 0) is 4.79 Å². The average Bonchev–Trinajstić information content (AvgIpc) is 2.75. The third-order valence-corrected chi connectivity index (χ3v) is 4.30. The van der Waals surface area contributed by atoms with Crippen LogP contribution in [0.5, 0.6) is 0 Å². The number of hydrogen-bond acceptors (Lipinski definition) is 2. The number of nitrogens with one attached hydrogen (secondary N) is 1. The molecular weight excluding hydrogens is 340 g/mol. The number of nitrogen functional groups attached to an aromatic ring is 1. The summed E-state index contributed by atoms with van der Waals surface area (Å²) in [6.45, 7) is 4.23. The Morgan fingerprint density at radius 3 is 2.64 bits per heavy atom. The summed E-state index contributed by atoms with van der Waals surface area (Å²) >= 11 is 3.45. The topological polar surface area (TPSA) is 55.1 Å². The second-order valence-corrected chi connectivity index (χ2v) is 6.66. The molecule has 1 amide bonds. The van der Waals surface area contributed by atoms with Gasteiger partial charge in [0.1, 0.15) is 0 Å². The van der Waals surface area contributed by atoms with Gasteiger partial charge in [-0.15, -0.1) is 0 Å². The molecule has 0 bridgehead atoms. The van der Waals surface area contributed by atoms with Crippen LogP contribution in [0.2, 0.25) is 0 Å². The highest BCUT2D eigenvalue weighted by atomic mass is 79.9. The maximum atomic E-state index is 12.2. The zero-order chi connectivity index (χ0) is 15.9. The van der Waals surface area contributed by atoms with Gasteiger partial charge >= 0.3 is 0 Å². The largest absolute Gasteiger partial charge is 0.398 e. The number of halogens is 1. The van der Waals surface area contributed by atoms with Crippen molar-refractivity contribution in [1.82, 2.24) is 0 Å². The first kappa shape index (κ1) is 14.9. The zero-order valence-corrected chi connectivity index (χ0v) is 14.1. The second-order valence-electron chi connectivity index (χ2n) is 5.75. The number of benzene rings is 2. The summed E-state index contributed by atoms with van der Waals surface area (Å²) in [4.78, 5) is 12.2. The molecule has 0 aliphatic carbocycles. The fourth-order valence-corrected chi connectivity index (χ4v) is 3.04. The predicted octanol–water partition coefficient (Wildman–Crippen LogP) is 4.65. The van der Waals surface area contributed by atoms with Gasteiger partial charge < -0.3 is 11.1 Å². The van der Waals surface area contributed by atoms with E-state index < -0.39 is 0 Å². The molecule has 0 atom stereocenters. The normalized spacial score (nSPS) is 15.3. The monoisotopic (exact) mass is 356 g/mol. The maximum absolute atomic E-state index is 12.2. The number of amides is 1. The molecule has 112 valence electrons. The molecule has 0 aromatic heterocycles. The van der Waals surface area contributed by atoms with E-state index in [9.17, 15) is 4.79 Å². The molecule has 0 saturated heterocycles. The molecule has 1 heterocycles. The number of rotatable bonds is 2. The van der Waals surface area contributed by atoms with Gasteiger partial charge in [-0.05, 0) is 47.4 Å². The lowest BCUT2D eigenvalue weighted by Gasteiger charge is -2.10. The van der Waals surface area contributed by atoms with E-state index >= 15 is 0 Å². The van der Waals surface area contributed by atoms with Crippen molar-refractivity contribution in [3.8, 4) is 0 Å². The van der Waals surface area contributed by atoms with Gasteiger partial charge in [0.15, 0.2) is 0 Å². The lowest BCUT2D eigenvalue weighted by Crippen LogP contribution is -2.03. The van der Waals surface area contributed by atoms with Crippen LogP contribution in [0.15, 0.2) is 40.9 Å². The van der Waals surface area contributed by atoms with Crippen molar-refractivity contribution in [2.75, 3.05) is 11.1 Å². The first-order valence-electron chi connectivity index (χ1n) is 7.18. The maximum Gasteiger partial charge on any atom is 0.256 e. The molecule has 1 aliphatic heterocycles. The van der Waals surface area contributed by atoms with Crippen LogP contribution in [0.3, 0.4) is 0 Å². The van der Waals surface area contributed by atoms with E-state index in [-0.39, 0.29) is 5.91 Å². The molecule has 0 fully saturated rings. The number of anilines is 2. The van der Waals surface area contributed by atoms with E-state index in [2.05, 4.69) is 35.1 Å². The summed E-state index contributed by atoms with van der Waals surface area (Å²) in [6.07, 6.45) is 1.88. The van der Waals surface area contributed by atoms with Crippen LogP contribution in [-0.4, -0.2) is 5.91 Å². The smallest absolute Gasteiger partial charge is 0.256 e. The van der Waals surface area contributed by atoms with E-state index in [1.54, 1.807) is 0 Å². The Morgan fingerprint density at radius 1 is 1.18 bits per heavy atom. The Hall–Kier alpha value is -2.07. The van der Waals surface area contributed by atoms with Gasteiger partial charge in [-0.25, -0.2) is 0 Å². The molecule has 22 heavy (non-hydrogen) atoms. The minimum absolute atomic E-state index is 0.0837. The average molecular weight is 357 g/mol. The highest BCUT2D eigenvalue weighted by molar-refractivity contribution is 9.10. The molecule has 3 nitrogen and oxygen atoms in total. The molecule has 4 heteroatoms. The Kier molecular flexibility index (Phi) is 3.79. The molecule has 3 N–H and O–H groups in total. The first-order chi connectivity index (χ1) is 10.5. The minimum atomic E-state index is -0.0837. The first-order valence-corrected chi connectivity index (χ1v) is 7.97. The Labute approximate surface area is 138 Å². The van der Waals surface area contributed by atoms with Crippen LogP contribution in [0.1, 0.15) is 36.5 Å². The lowest BCUT2D eigenvalue weighted by molar-refractivity contribution is -0.110. The van der Waals surface area contributed by atoms with E-state index in [0.29, 0.717) is 11.5 Å². The Balaban J connectivity index is 2.05.